The van der Waals surface area contributed by atoms with Gasteiger partial charge in [-0.1, -0.05) is 12.1 Å². The summed E-state index contributed by atoms with van der Waals surface area (Å²) in [6.45, 7) is 5.65. The minimum Gasteiger partial charge on any atom is -0.339 e. The van der Waals surface area contributed by atoms with Crippen LogP contribution in [0, 0.1) is 20.8 Å². The summed E-state index contributed by atoms with van der Waals surface area (Å²) in [5.41, 5.74) is 3.75. The number of aryl methyl sites for hydroxylation is 3. The van der Waals surface area contributed by atoms with E-state index < -0.39 is 0 Å². The van der Waals surface area contributed by atoms with Crippen LogP contribution in [0.15, 0.2) is 35.1 Å². The van der Waals surface area contributed by atoms with Gasteiger partial charge in [-0.05, 0) is 39.0 Å². The molecule has 4 rings (SSSR count). The number of aromatic amines is 1. The van der Waals surface area contributed by atoms with Crippen LogP contribution in [0.2, 0.25) is 0 Å². The molecular weight excluding hydrogens is 290 g/mol. The van der Waals surface area contributed by atoms with E-state index >= 15 is 0 Å². The zero-order chi connectivity index (χ0) is 16.1. The van der Waals surface area contributed by atoms with E-state index in [-0.39, 0.29) is 5.43 Å². The molecule has 6 nitrogen and oxygen atoms in total. The van der Waals surface area contributed by atoms with Crippen LogP contribution in [-0.2, 0) is 0 Å². The zero-order valence-corrected chi connectivity index (χ0v) is 13.1. The maximum Gasteiger partial charge on any atom is 0.252 e. The van der Waals surface area contributed by atoms with Crippen molar-refractivity contribution in [1.29, 1.82) is 0 Å². The summed E-state index contributed by atoms with van der Waals surface area (Å²) in [4.78, 5) is 25.0. The third-order valence-electron chi connectivity index (χ3n) is 3.87. The lowest BCUT2D eigenvalue weighted by molar-refractivity contribution is 0.798. The molecule has 0 unspecified atom stereocenters. The Hall–Kier alpha value is -3.02. The third kappa shape index (κ3) is 2.03. The largest absolute Gasteiger partial charge is 0.339 e. The molecule has 0 atom stereocenters. The highest BCUT2D eigenvalue weighted by Gasteiger charge is 2.16. The molecule has 3 aromatic heterocycles. The first-order valence-corrected chi connectivity index (χ1v) is 7.37. The first kappa shape index (κ1) is 13.6. The number of H-pyrrole nitrogens is 1. The smallest absolute Gasteiger partial charge is 0.252 e. The molecular formula is C17H15N5O. The fraction of sp³-hybridized carbons (Fsp3) is 0.176. The fourth-order valence-electron chi connectivity index (χ4n) is 2.91. The van der Waals surface area contributed by atoms with Crippen molar-refractivity contribution < 1.29 is 0 Å². The Balaban J connectivity index is 2.15. The number of pyridine rings is 1. The van der Waals surface area contributed by atoms with Gasteiger partial charge >= 0.3 is 0 Å². The topological polar surface area (TPSA) is 76.5 Å². The van der Waals surface area contributed by atoms with Gasteiger partial charge in [0.2, 0.25) is 5.43 Å². The first-order chi connectivity index (χ1) is 11.0. The van der Waals surface area contributed by atoms with Gasteiger partial charge < -0.3 is 4.98 Å². The highest BCUT2D eigenvalue weighted by Crippen LogP contribution is 2.19. The lowest BCUT2D eigenvalue weighted by Crippen LogP contribution is -2.08. The lowest BCUT2D eigenvalue weighted by atomic mass is 10.1. The molecule has 23 heavy (non-hydrogen) atoms. The summed E-state index contributed by atoms with van der Waals surface area (Å²) in [5, 5.41) is 5.72. The number of rotatable bonds is 1. The summed E-state index contributed by atoms with van der Waals surface area (Å²) < 4.78 is 1.61. The number of fused-ring (bicyclic) bond motifs is 2. The Morgan fingerprint density at radius 3 is 2.48 bits per heavy atom. The van der Waals surface area contributed by atoms with Crippen LogP contribution in [0.5, 0.6) is 0 Å². The molecule has 1 aromatic carbocycles. The Kier molecular flexibility index (Phi) is 2.81. The van der Waals surface area contributed by atoms with Gasteiger partial charge in [0, 0.05) is 16.8 Å². The van der Waals surface area contributed by atoms with Crippen molar-refractivity contribution in [3.63, 3.8) is 0 Å². The van der Waals surface area contributed by atoms with Crippen LogP contribution in [0.3, 0.4) is 0 Å². The average molecular weight is 305 g/mol. The Bertz CT molecular complexity index is 1100. The number of nitrogens with zero attached hydrogens (tertiary/aromatic N) is 4. The van der Waals surface area contributed by atoms with E-state index in [0.29, 0.717) is 28.1 Å². The number of benzene rings is 1. The normalized spacial score (nSPS) is 11.4. The van der Waals surface area contributed by atoms with E-state index in [9.17, 15) is 4.79 Å². The van der Waals surface area contributed by atoms with E-state index in [4.69, 9.17) is 0 Å². The molecule has 0 spiro atoms. The van der Waals surface area contributed by atoms with Crippen LogP contribution in [0.4, 0.5) is 0 Å². The van der Waals surface area contributed by atoms with Crippen molar-refractivity contribution in [2.75, 3.05) is 0 Å². The second-order valence-corrected chi connectivity index (χ2v) is 5.67. The molecule has 1 N–H and O–H groups in total. The monoisotopic (exact) mass is 305 g/mol. The van der Waals surface area contributed by atoms with Crippen LogP contribution >= 0.6 is 0 Å². The van der Waals surface area contributed by atoms with E-state index in [0.717, 1.165) is 16.9 Å². The number of hydrogen-bond acceptors (Lipinski definition) is 4. The van der Waals surface area contributed by atoms with Gasteiger partial charge in [0.1, 0.15) is 5.65 Å². The van der Waals surface area contributed by atoms with Crippen molar-refractivity contribution in [1.82, 2.24) is 24.7 Å². The molecule has 0 saturated heterocycles. The molecule has 0 bridgehead atoms. The molecule has 0 fully saturated rings. The molecule has 4 aromatic rings. The van der Waals surface area contributed by atoms with Gasteiger partial charge in [0.15, 0.2) is 0 Å². The summed E-state index contributed by atoms with van der Waals surface area (Å²) in [5.74, 6) is 0.464. The summed E-state index contributed by atoms with van der Waals surface area (Å²) in [6.07, 6.45) is 0. The van der Waals surface area contributed by atoms with Crippen molar-refractivity contribution in [3.8, 4) is 5.95 Å². The average Bonchev–Trinajstić information content (AvgIpc) is 2.84. The second kappa shape index (κ2) is 4.74. The standard InChI is InChI=1S/C17H15N5O/c1-9-8-10(2)19-17(18-9)22-16-14(11(3)21-22)15(23)12-6-4-5-7-13(12)20-16/h4-8H,1-3H3,(H,20,23). The molecule has 6 heteroatoms. The Morgan fingerprint density at radius 2 is 1.74 bits per heavy atom. The highest BCUT2D eigenvalue weighted by molar-refractivity contribution is 5.92. The summed E-state index contributed by atoms with van der Waals surface area (Å²) in [7, 11) is 0. The van der Waals surface area contributed by atoms with Crippen molar-refractivity contribution in [2.45, 2.75) is 20.8 Å². The summed E-state index contributed by atoms with van der Waals surface area (Å²) >= 11 is 0. The second-order valence-electron chi connectivity index (χ2n) is 5.67. The van der Waals surface area contributed by atoms with Crippen LogP contribution in [0.25, 0.3) is 27.9 Å². The minimum atomic E-state index is -0.0255. The highest BCUT2D eigenvalue weighted by atomic mass is 16.1. The molecule has 3 heterocycles. The number of para-hydroxylation sites is 1. The quantitative estimate of drug-likeness (QED) is 0.586. The van der Waals surface area contributed by atoms with Gasteiger partial charge in [-0.3, -0.25) is 4.79 Å². The number of aromatic nitrogens is 5. The van der Waals surface area contributed by atoms with E-state index in [2.05, 4.69) is 20.1 Å². The zero-order valence-electron chi connectivity index (χ0n) is 13.1. The van der Waals surface area contributed by atoms with Gasteiger partial charge in [-0.2, -0.15) is 9.78 Å². The molecule has 0 amide bonds. The Morgan fingerprint density at radius 1 is 1.04 bits per heavy atom. The predicted molar refractivity (Wildman–Crippen MR) is 89.0 cm³/mol. The number of hydrogen-bond donors (Lipinski definition) is 1. The van der Waals surface area contributed by atoms with Gasteiger partial charge in [-0.25, -0.2) is 9.97 Å². The maximum atomic E-state index is 12.8. The molecule has 0 aliphatic carbocycles. The lowest BCUT2D eigenvalue weighted by Gasteiger charge is -2.05. The third-order valence-corrected chi connectivity index (χ3v) is 3.87. The maximum absolute atomic E-state index is 12.8. The van der Waals surface area contributed by atoms with Gasteiger partial charge in [-0.15, -0.1) is 0 Å². The summed E-state index contributed by atoms with van der Waals surface area (Å²) in [6, 6.07) is 9.35. The van der Waals surface area contributed by atoms with E-state index in [1.165, 1.54) is 0 Å². The Labute approximate surface area is 131 Å². The van der Waals surface area contributed by atoms with Crippen LogP contribution in [0.1, 0.15) is 17.1 Å². The van der Waals surface area contributed by atoms with Gasteiger partial charge in [0.05, 0.1) is 16.6 Å². The van der Waals surface area contributed by atoms with Gasteiger partial charge in [0.25, 0.3) is 5.95 Å². The predicted octanol–water partition coefficient (Wildman–Crippen LogP) is 2.58. The molecule has 0 saturated carbocycles. The van der Waals surface area contributed by atoms with Crippen molar-refractivity contribution in [2.24, 2.45) is 0 Å². The minimum absolute atomic E-state index is 0.0255. The molecule has 0 aliphatic rings. The van der Waals surface area contributed by atoms with Crippen LogP contribution in [-0.4, -0.2) is 24.7 Å². The van der Waals surface area contributed by atoms with E-state index in [1.807, 2.05) is 51.1 Å². The SMILES string of the molecule is Cc1cc(C)nc(-n2nc(C)c3c(=O)c4ccccc4[nH]c32)n1. The van der Waals surface area contributed by atoms with Crippen LogP contribution < -0.4 is 5.43 Å². The number of nitrogens with one attached hydrogen (secondary N) is 1. The van der Waals surface area contributed by atoms with Crippen molar-refractivity contribution in [3.05, 3.63) is 57.6 Å². The van der Waals surface area contributed by atoms with Crippen molar-refractivity contribution >= 4 is 21.9 Å². The molecule has 0 radical (unpaired) electrons. The fourth-order valence-corrected chi connectivity index (χ4v) is 2.91. The van der Waals surface area contributed by atoms with E-state index in [1.54, 1.807) is 4.68 Å². The molecule has 0 aliphatic heterocycles. The molecule has 114 valence electrons. The first-order valence-electron chi connectivity index (χ1n) is 7.37.